The molecule has 0 aliphatic carbocycles. The second kappa shape index (κ2) is 6.53. The van der Waals surface area contributed by atoms with Gasteiger partial charge in [0, 0.05) is 19.1 Å². The van der Waals surface area contributed by atoms with Gasteiger partial charge >= 0.3 is 0 Å². The fourth-order valence-electron chi connectivity index (χ4n) is 3.08. The Labute approximate surface area is 111 Å². The molecule has 4 nitrogen and oxygen atoms in total. The van der Waals surface area contributed by atoms with E-state index < -0.39 is 0 Å². The summed E-state index contributed by atoms with van der Waals surface area (Å²) in [5, 5.41) is 3.38. The second-order valence-electron chi connectivity index (χ2n) is 5.71. The lowest BCUT2D eigenvalue weighted by atomic mass is 10.0. The van der Waals surface area contributed by atoms with Gasteiger partial charge in [0.05, 0.1) is 6.04 Å². The van der Waals surface area contributed by atoms with E-state index in [4.69, 9.17) is 0 Å². The third kappa shape index (κ3) is 3.23. The number of rotatable bonds is 3. The fraction of sp³-hybridized carbons (Fsp3) is 0.929. The molecule has 0 saturated carbocycles. The lowest BCUT2D eigenvalue weighted by Crippen LogP contribution is -2.52. The topological polar surface area (TPSA) is 35.6 Å². The van der Waals surface area contributed by atoms with Gasteiger partial charge in [-0.3, -0.25) is 9.69 Å². The molecule has 0 aromatic rings. The molecule has 0 spiro atoms. The van der Waals surface area contributed by atoms with Gasteiger partial charge in [-0.15, -0.1) is 0 Å². The van der Waals surface area contributed by atoms with Crippen molar-refractivity contribution in [2.45, 2.75) is 51.1 Å². The molecular weight excluding hydrogens is 226 g/mol. The Bertz CT molecular complexity index is 270. The van der Waals surface area contributed by atoms with Crippen molar-refractivity contribution in [1.82, 2.24) is 15.1 Å². The van der Waals surface area contributed by atoms with Crippen molar-refractivity contribution in [3.63, 3.8) is 0 Å². The number of likely N-dealkylation sites (tertiary alicyclic amines) is 1. The van der Waals surface area contributed by atoms with Crippen LogP contribution in [0.1, 0.15) is 39.0 Å². The average molecular weight is 253 g/mol. The molecule has 2 aliphatic rings. The van der Waals surface area contributed by atoms with Gasteiger partial charge in [-0.05, 0) is 59.2 Å². The van der Waals surface area contributed by atoms with Gasteiger partial charge in [-0.1, -0.05) is 0 Å². The van der Waals surface area contributed by atoms with Gasteiger partial charge in [0.15, 0.2) is 0 Å². The van der Waals surface area contributed by atoms with E-state index in [0.29, 0.717) is 11.9 Å². The Morgan fingerprint density at radius 3 is 2.44 bits per heavy atom. The van der Waals surface area contributed by atoms with Crippen LogP contribution in [0.15, 0.2) is 0 Å². The molecule has 2 saturated heterocycles. The van der Waals surface area contributed by atoms with Crippen molar-refractivity contribution in [2.24, 2.45) is 0 Å². The molecule has 0 aromatic carbocycles. The predicted molar refractivity (Wildman–Crippen MR) is 73.5 cm³/mol. The number of likely N-dealkylation sites (N-methyl/N-ethyl adjacent to an activating group) is 1. The van der Waals surface area contributed by atoms with Crippen molar-refractivity contribution in [1.29, 1.82) is 0 Å². The lowest BCUT2D eigenvalue weighted by Gasteiger charge is -2.38. The Balaban J connectivity index is 1.87. The zero-order valence-corrected chi connectivity index (χ0v) is 11.8. The summed E-state index contributed by atoms with van der Waals surface area (Å²) in [6, 6.07) is 0.598. The van der Waals surface area contributed by atoms with Crippen molar-refractivity contribution in [3.8, 4) is 0 Å². The zero-order chi connectivity index (χ0) is 13.0. The smallest absolute Gasteiger partial charge is 0.239 e. The molecule has 1 atom stereocenters. The van der Waals surface area contributed by atoms with E-state index in [9.17, 15) is 4.79 Å². The van der Waals surface area contributed by atoms with E-state index in [1.807, 2.05) is 0 Å². The van der Waals surface area contributed by atoms with E-state index in [-0.39, 0.29) is 6.04 Å². The minimum absolute atomic E-state index is 0.0335. The van der Waals surface area contributed by atoms with Gasteiger partial charge < -0.3 is 10.2 Å². The summed E-state index contributed by atoms with van der Waals surface area (Å²) in [4.78, 5) is 16.8. The first-order chi connectivity index (χ1) is 8.70. The first kappa shape index (κ1) is 13.8. The first-order valence-electron chi connectivity index (χ1n) is 7.41. The van der Waals surface area contributed by atoms with Gasteiger partial charge in [0.1, 0.15) is 0 Å². The highest BCUT2D eigenvalue weighted by Crippen LogP contribution is 2.16. The number of piperidine rings is 2. The van der Waals surface area contributed by atoms with Crippen LogP contribution in [0.3, 0.4) is 0 Å². The second-order valence-corrected chi connectivity index (χ2v) is 5.71. The summed E-state index contributed by atoms with van der Waals surface area (Å²) < 4.78 is 0. The Kier molecular flexibility index (Phi) is 5.01. The third-order valence-electron chi connectivity index (χ3n) is 4.52. The number of amides is 1. The molecule has 2 rings (SSSR count). The lowest BCUT2D eigenvalue weighted by molar-refractivity contribution is -0.137. The molecule has 18 heavy (non-hydrogen) atoms. The monoisotopic (exact) mass is 253 g/mol. The van der Waals surface area contributed by atoms with Crippen molar-refractivity contribution in [2.75, 3.05) is 33.2 Å². The predicted octanol–water partition coefficient (Wildman–Crippen LogP) is 1.07. The quantitative estimate of drug-likeness (QED) is 0.817. The molecule has 2 heterocycles. The molecule has 0 bridgehead atoms. The molecule has 2 fully saturated rings. The van der Waals surface area contributed by atoms with Crippen LogP contribution in [0.5, 0.6) is 0 Å². The fourth-order valence-corrected chi connectivity index (χ4v) is 3.08. The van der Waals surface area contributed by atoms with Crippen LogP contribution in [0.2, 0.25) is 0 Å². The van der Waals surface area contributed by atoms with Crippen LogP contribution in [0, 0.1) is 0 Å². The van der Waals surface area contributed by atoms with E-state index >= 15 is 0 Å². The summed E-state index contributed by atoms with van der Waals surface area (Å²) in [6.45, 7) is 6.16. The van der Waals surface area contributed by atoms with Gasteiger partial charge in [-0.25, -0.2) is 0 Å². The average Bonchev–Trinajstić information content (AvgIpc) is 2.47. The Morgan fingerprint density at radius 2 is 1.83 bits per heavy atom. The number of nitrogens with zero attached hydrogens (tertiary/aromatic N) is 2. The third-order valence-corrected chi connectivity index (χ3v) is 4.52. The molecule has 4 heteroatoms. The Hall–Kier alpha value is -0.610. The number of hydrogen-bond acceptors (Lipinski definition) is 3. The molecule has 2 aliphatic heterocycles. The summed E-state index contributed by atoms with van der Waals surface area (Å²) >= 11 is 0. The maximum atomic E-state index is 12.5. The molecule has 1 unspecified atom stereocenters. The molecular formula is C14H27N3O. The molecule has 0 radical (unpaired) electrons. The minimum atomic E-state index is 0.0335. The number of carbonyl (C=O) groups is 1. The highest BCUT2D eigenvalue weighted by atomic mass is 16.2. The number of nitrogens with one attached hydrogen (secondary N) is 1. The summed E-state index contributed by atoms with van der Waals surface area (Å²) in [6.07, 6.45) is 5.95. The summed E-state index contributed by atoms with van der Waals surface area (Å²) in [5.74, 6) is 0.329. The van der Waals surface area contributed by atoms with Crippen LogP contribution in [-0.2, 0) is 4.79 Å². The summed E-state index contributed by atoms with van der Waals surface area (Å²) in [5.41, 5.74) is 0. The van der Waals surface area contributed by atoms with Gasteiger partial charge in [0.2, 0.25) is 5.91 Å². The van der Waals surface area contributed by atoms with Crippen LogP contribution in [-0.4, -0.2) is 61.0 Å². The molecule has 104 valence electrons. The number of hydrogen-bond donors (Lipinski definition) is 1. The standard InChI is InChI=1S/C14H27N3O/c1-12(14(18)17-10-4-3-5-11-17)16(2)13-6-8-15-9-7-13/h12-13,15H,3-11H2,1-2H3. The van der Waals surface area contributed by atoms with E-state index in [1.165, 1.54) is 19.3 Å². The SMILES string of the molecule is CC(C(=O)N1CCCCC1)N(C)C1CCNCC1. The largest absolute Gasteiger partial charge is 0.341 e. The summed E-state index contributed by atoms with van der Waals surface area (Å²) in [7, 11) is 2.11. The van der Waals surface area contributed by atoms with Crippen LogP contribution >= 0.6 is 0 Å². The Morgan fingerprint density at radius 1 is 1.22 bits per heavy atom. The van der Waals surface area contributed by atoms with Crippen LogP contribution in [0.25, 0.3) is 0 Å². The van der Waals surface area contributed by atoms with E-state index in [1.54, 1.807) is 0 Å². The highest BCUT2D eigenvalue weighted by molar-refractivity contribution is 5.81. The van der Waals surface area contributed by atoms with Crippen LogP contribution < -0.4 is 5.32 Å². The molecule has 0 aromatic heterocycles. The maximum Gasteiger partial charge on any atom is 0.239 e. The van der Waals surface area contributed by atoms with E-state index in [2.05, 4.69) is 29.1 Å². The van der Waals surface area contributed by atoms with Crippen LogP contribution in [0.4, 0.5) is 0 Å². The van der Waals surface area contributed by atoms with E-state index in [0.717, 1.165) is 39.0 Å². The van der Waals surface area contributed by atoms with Crippen molar-refractivity contribution >= 4 is 5.91 Å². The normalized spacial score (nSPS) is 24.3. The van der Waals surface area contributed by atoms with Gasteiger partial charge in [0.25, 0.3) is 0 Å². The highest BCUT2D eigenvalue weighted by Gasteiger charge is 2.29. The maximum absolute atomic E-state index is 12.5. The number of carbonyl (C=O) groups excluding carboxylic acids is 1. The van der Waals surface area contributed by atoms with Gasteiger partial charge in [-0.2, -0.15) is 0 Å². The molecule has 1 amide bonds. The minimum Gasteiger partial charge on any atom is -0.341 e. The molecule has 1 N–H and O–H groups in total. The zero-order valence-electron chi connectivity index (χ0n) is 11.8. The first-order valence-corrected chi connectivity index (χ1v) is 7.41. The van der Waals surface area contributed by atoms with Crippen molar-refractivity contribution < 1.29 is 4.79 Å². The van der Waals surface area contributed by atoms with Crippen molar-refractivity contribution in [3.05, 3.63) is 0 Å².